The molecule has 0 unspecified atom stereocenters. The topological polar surface area (TPSA) is 58.1 Å². The number of nitrogens with zero attached hydrogens (tertiary/aromatic N) is 3. The van der Waals surface area contributed by atoms with Crippen molar-refractivity contribution in [2.75, 3.05) is 24.5 Å². The van der Waals surface area contributed by atoms with E-state index in [1.807, 2.05) is 18.2 Å². The number of aromatic nitrogens is 2. The lowest BCUT2D eigenvalue weighted by molar-refractivity contribution is -0.125. The van der Waals surface area contributed by atoms with Crippen molar-refractivity contribution in [1.82, 2.24) is 14.7 Å². The van der Waals surface area contributed by atoms with E-state index < -0.39 is 0 Å². The standard InChI is InChI=1S/C19H26N4OS/c1-14(2)12-20-18(24)16-9-6-10-23(13-16)19-21-17(22-25-19)11-15-7-4-3-5-8-15/h3-5,7-8,14,16H,6,9-13H2,1-2H3,(H,20,24)/t16-/m0/s1. The van der Waals surface area contributed by atoms with Gasteiger partial charge in [0.2, 0.25) is 11.0 Å². The fraction of sp³-hybridized carbons (Fsp3) is 0.526. The molecular formula is C19H26N4OS. The molecule has 5 nitrogen and oxygen atoms in total. The third kappa shape index (κ3) is 5.01. The van der Waals surface area contributed by atoms with Gasteiger partial charge in [0.1, 0.15) is 5.82 Å². The van der Waals surface area contributed by atoms with Crippen LogP contribution in [0.5, 0.6) is 0 Å². The van der Waals surface area contributed by atoms with E-state index in [-0.39, 0.29) is 11.8 Å². The second kappa shape index (κ2) is 8.43. The fourth-order valence-corrected chi connectivity index (χ4v) is 3.76. The molecule has 1 aromatic carbocycles. The van der Waals surface area contributed by atoms with E-state index in [1.54, 1.807) is 0 Å². The first-order chi connectivity index (χ1) is 12.1. The van der Waals surface area contributed by atoms with Gasteiger partial charge < -0.3 is 10.2 Å². The van der Waals surface area contributed by atoms with Gasteiger partial charge in [0.15, 0.2) is 0 Å². The molecule has 0 radical (unpaired) electrons. The fourth-order valence-electron chi connectivity index (χ4n) is 3.04. The average Bonchev–Trinajstić information content (AvgIpc) is 3.09. The number of rotatable bonds is 6. The molecule has 25 heavy (non-hydrogen) atoms. The normalized spacial score (nSPS) is 17.7. The predicted octanol–water partition coefficient (Wildman–Crippen LogP) is 3.12. The highest BCUT2D eigenvalue weighted by atomic mass is 32.1. The summed E-state index contributed by atoms with van der Waals surface area (Å²) in [5, 5.41) is 4.00. The van der Waals surface area contributed by atoms with Crippen molar-refractivity contribution in [3.8, 4) is 0 Å². The van der Waals surface area contributed by atoms with Gasteiger partial charge in [-0.1, -0.05) is 44.2 Å². The van der Waals surface area contributed by atoms with E-state index in [2.05, 4.69) is 40.6 Å². The Balaban J connectivity index is 1.59. The zero-order chi connectivity index (χ0) is 17.6. The van der Waals surface area contributed by atoms with Gasteiger partial charge >= 0.3 is 0 Å². The smallest absolute Gasteiger partial charge is 0.224 e. The summed E-state index contributed by atoms with van der Waals surface area (Å²) in [4.78, 5) is 19.3. The summed E-state index contributed by atoms with van der Waals surface area (Å²) in [5.41, 5.74) is 1.22. The first-order valence-electron chi connectivity index (χ1n) is 9.01. The lowest BCUT2D eigenvalue weighted by Gasteiger charge is -2.31. The van der Waals surface area contributed by atoms with E-state index in [0.29, 0.717) is 5.92 Å². The molecule has 1 fully saturated rings. The molecule has 0 saturated carbocycles. The molecule has 1 saturated heterocycles. The maximum atomic E-state index is 12.4. The van der Waals surface area contributed by atoms with Gasteiger partial charge in [-0.05, 0) is 24.3 Å². The van der Waals surface area contributed by atoms with Gasteiger partial charge in [-0.2, -0.15) is 4.37 Å². The van der Waals surface area contributed by atoms with E-state index in [9.17, 15) is 4.79 Å². The molecule has 1 aliphatic heterocycles. The van der Waals surface area contributed by atoms with Crippen LogP contribution in [0.2, 0.25) is 0 Å². The summed E-state index contributed by atoms with van der Waals surface area (Å²) in [7, 11) is 0. The van der Waals surface area contributed by atoms with Crippen molar-refractivity contribution in [1.29, 1.82) is 0 Å². The van der Waals surface area contributed by atoms with Crippen molar-refractivity contribution < 1.29 is 4.79 Å². The van der Waals surface area contributed by atoms with Crippen LogP contribution < -0.4 is 10.2 Å². The van der Waals surface area contributed by atoms with E-state index in [0.717, 1.165) is 49.9 Å². The molecule has 6 heteroatoms. The summed E-state index contributed by atoms with van der Waals surface area (Å²) in [6.45, 7) is 6.67. The van der Waals surface area contributed by atoms with Crippen LogP contribution in [0.1, 0.15) is 38.1 Å². The first kappa shape index (κ1) is 17.9. The molecule has 0 spiro atoms. The minimum atomic E-state index is 0.0500. The zero-order valence-electron chi connectivity index (χ0n) is 14.9. The van der Waals surface area contributed by atoms with Crippen LogP contribution in [-0.4, -0.2) is 34.9 Å². The quantitative estimate of drug-likeness (QED) is 0.862. The van der Waals surface area contributed by atoms with Crippen molar-refractivity contribution in [2.45, 2.75) is 33.1 Å². The molecule has 1 atom stereocenters. The Morgan fingerprint density at radius 1 is 1.36 bits per heavy atom. The van der Waals surface area contributed by atoms with Crippen LogP contribution in [0, 0.1) is 11.8 Å². The second-order valence-electron chi connectivity index (χ2n) is 7.08. The third-order valence-corrected chi connectivity index (χ3v) is 5.22. The minimum absolute atomic E-state index is 0.0500. The molecule has 2 aromatic rings. The molecule has 1 aliphatic rings. The van der Waals surface area contributed by atoms with Gasteiger partial charge in [-0.15, -0.1) is 0 Å². The van der Waals surface area contributed by atoms with Crippen LogP contribution in [0.4, 0.5) is 5.13 Å². The highest BCUT2D eigenvalue weighted by Gasteiger charge is 2.27. The molecule has 3 rings (SSSR count). The third-order valence-electron chi connectivity index (χ3n) is 4.41. The number of amides is 1. The Morgan fingerprint density at radius 2 is 2.16 bits per heavy atom. The summed E-state index contributed by atoms with van der Waals surface area (Å²) in [6.07, 6.45) is 2.73. The molecule has 134 valence electrons. The molecule has 1 amide bonds. The van der Waals surface area contributed by atoms with Gasteiger partial charge in [0.05, 0.1) is 5.92 Å². The predicted molar refractivity (Wildman–Crippen MR) is 102 cm³/mol. The maximum Gasteiger partial charge on any atom is 0.224 e. The highest BCUT2D eigenvalue weighted by molar-refractivity contribution is 7.09. The molecule has 0 bridgehead atoms. The number of hydrogen-bond donors (Lipinski definition) is 1. The Morgan fingerprint density at radius 3 is 2.92 bits per heavy atom. The number of anilines is 1. The largest absolute Gasteiger partial charge is 0.356 e. The van der Waals surface area contributed by atoms with Crippen molar-refractivity contribution >= 4 is 22.6 Å². The van der Waals surface area contributed by atoms with Gasteiger partial charge in [-0.3, -0.25) is 4.79 Å². The number of carbonyl (C=O) groups excluding carboxylic acids is 1. The van der Waals surface area contributed by atoms with Crippen LogP contribution >= 0.6 is 11.5 Å². The summed E-state index contributed by atoms with van der Waals surface area (Å²) in [6, 6.07) is 10.3. The van der Waals surface area contributed by atoms with E-state index >= 15 is 0 Å². The Labute approximate surface area is 153 Å². The number of carbonyl (C=O) groups is 1. The molecule has 1 aromatic heterocycles. The first-order valence-corrected chi connectivity index (χ1v) is 9.78. The van der Waals surface area contributed by atoms with Gasteiger partial charge in [0, 0.05) is 37.6 Å². The summed E-state index contributed by atoms with van der Waals surface area (Å²) >= 11 is 1.44. The Hall–Kier alpha value is -1.95. The van der Waals surface area contributed by atoms with Crippen molar-refractivity contribution in [2.24, 2.45) is 11.8 Å². The number of nitrogens with one attached hydrogen (secondary N) is 1. The number of piperidine rings is 1. The van der Waals surface area contributed by atoms with Crippen LogP contribution in [0.3, 0.4) is 0 Å². The maximum absolute atomic E-state index is 12.4. The zero-order valence-corrected chi connectivity index (χ0v) is 15.8. The van der Waals surface area contributed by atoms with Crippen molar-refractivity contribution in [3.63, 3.8) is 0 Å². The molecular weight excluding hydrogens is 332 g/mol. The minimum Gasteiger partial charge on any atom is -0.356 e. The van der Waals surface area contributed by atoms with Crippen LogP contribution in [0.25, 0.3) is 0 Å². The Kier molecular flexibility index (Phi) is 6.02. The molecule has 0 aliphatic carbocycles. The van der Waals surface area contributed by atoms with E-state index in [1.165, 1.54) is 17.1 Å². The molecule has 2 heterocycles. The lowest BCUT2D eigenvalue weighted by atomic mass is 9.97. The monoisotopic (exact) mass is 358 g/mol. The van der Waals surface area contributed by atoms with Gasteiger partial charge in [-0.25, -0.2) is 4.98 Å². The summed E-state index contributed by atoms with van der Waals surface area (Å²) < 4.78 is 4.50. The second-order valence-corrected chi connectivity index (χ2v) is 7.81. The van der Waals surface area contributed by atoms with Gasteiger partial charge in [0.25, 0.3) is 0 Å². The SMILES string of the molecule is CC(C)CNC(=O)[C@H]1CCCN(c2nc(Cc3ccccc3)ns2)C1. The number of benzene rings is 1. The highest BCUT2D eigenvalue weighted by Crippen LogP contribution is 2.25. The van der Waals surface area contributed by atoms with Crippen molar-refractivity contribution in [3.05, 3.63) is 41.7 Å². The Bertz CT molecular complexity index is 686. The lowest BCUT2D eigenvalue weighted by Crippen LogP contribution is -2.43. The molecule has 1 N–H and O–H groups in total. The average molecular weight is 359 g/mol. The number of hydrogen-bond acceptors (Lipinski definition) is 5. The van der Waals surface area contributed by atoms with Crippen LogP contribution in [0.15, 0.2) is 30.3 Å². The summed E-state index contributed by atoms with van der Waals surface area (Å²) in [5.74, 6) is 1.56. The van der Waals surface area contributed by atoms with E-state index in [4.69, 9.17) is 4.98 Å². The van der Waals surface area contributed by atoms with Crippen LogP contribution in [-0.2, 0) is 11.2 Å².